The highest BCUT2D eigenvalue weighted by Crippen LogP contribution is 2.25. The molecular weight excluding hydrogens is 308 g/mol. The summed E-state index contributed by atoms with van der Waals surface area (Å²) in [7, 11) is -2.24. The summed E-state index contributed by atoms with van der Waals surface area (Å²) in [4.78, 5) is 14.8. The third-order valence-electron chi connectivity index (χ3n) is 2.32. The van der Waals surface area contributed by atoms with Crippen LogP contribution in [0.15, 0.2) is 27.2 Å². The lowest BCUT2D eigenvalue weighted by Gasteiger charge is -2.14. The van der Waals surface area contributed by atoms with Crippen LogP contribution < -0.4 is 0 Å². The van der Waals surface area contributed by atoms with Crippen molar-refractivity contribution in [2.75, 3.05) is 7.05 Å². The maximum atomic E-state index is 12.2. The Morgan fingerprint density at radius 3 is 2.74 bits per heavy atom. The molecule has 9 heteroatoms. The van der Waals surface area contributed by atoms with E-state index in [1.807, 2.05) is 0 Å². The highest BCUT2D eigenvalue weighted by atomic mass is 32.2. The van der Waals surface area contributed by atoms with Gasteiger partial charge in [-0.3, -0.25) is 0 Å². The summed E-state index contributed by atoms with van der Waals surface area (Å²) in [6, 6.07) is 2.59. The number of carbonyl (C=O) groups is 1. The summed E-state index contributed by atoms with van der Waals surface area (Å²) in [6.07, 6.45) is 0. The first-order valence-electron chi connectivity index (χ1n) is 5.08. The molecule has 0 radical (unpaired) electrons. The first-order chi connectivity index (χ1) is 8.91. The molecule has 0 aliphatic heterocycles. The van der Waals surface area contributed by atoms with E-state index < -0.39 is 16.0 Å². The number of aromatic carboxylic acids is 1. The zero-order valence-electron chi connectivity index (χ0n) is 9.81. The third kappa shape index (κ3) is 3.00. The van der Waals surface area contributed by atoms with Gasteiger partial charge in [-0.1, -0.05) is 0 Å². The molecule has 0 aliphatic rings. The molecule has 0 amide bonds. The molecule has 19 heavy (non-hydrogen) atoms. The van der Waals surface area contributed by atoms with Crippen molar-refractivity contribution >= 4 is 38.7 Å². The van der Waals surface area contributed by atoms with Crippen LogP contribution >= 0.6 is 22.7 Å². The first kappa shape index (κ1) is 14.1. The smallest absolute Gasteiger partial charge is 0.345 e. The molecule has 0 saturated heterocycles. The number of aromatic nitrogens is 1. The van der Waals surface area contributed by atoms with Gasteiger partial charge in [-0.05, 0) is 12.1 Å². The molecule has 2 rings (SSSR count). The SMILES string of the molecule is CN(Cc1cscn1)S(=O)(=O)c1ccc(C(=O)O)s1. The van der Waals surface area contributed by atoms with Gasteiger partial charge in [-0.15, -0.1) is 22.7 Å². The fourth-order valence-corrected chi connectivity index (χ4v) is 4.40. The predicted octanol–water partition coefficient (Wildman–Crippen LogP) is 1.72. The molecule has 0 saturated carbocycles. The lowest BCUT2D eigenvalue weighted by molar-refractivity contribution is 0.0702. The fourth-order valence-electron chi connectivity index (χ4n) is 1.36. The van der Waals surface area contributed by atoms with Gasteiger partial charge in [-0.25, -0.2) is 18.2 Å². The van der Waals surface area contributed by atoms with E-state index >= 15 is 0 Å². The van der Waals surface area contributed by atoms with E-state index in [1.165, 1.54) is 30.5 Å². The molecule has 6 nitrogen and oxygen atoms in total. The molecule has 0 unspecified atom stereocenters. The number of rotatable bonds is 5. The van der Waals surface area contributed by atoms with Crippen molar-refractivity contribution in [2.45, 2.75) is 10.8 Å². The second-order valence-corrected chi connectivity index (χ2v) is 7.74. The van der Waals surface area contributed by atoms with Crippen molar-refractivity contribution < 1.29 is 18.3 Å². The number of carboxylic acid groups (broad SMARTS) is 1. The molecule has 0 aliphatic carbocycles. The number of nitrogens with zero attached hydrogens (tertiary/aromatic N) is 2. The van der Waals surface area contributed by atoms with Gasteiger partial charge in [0.25, 0.3) is 10.0 Å². The monoisotopic (exact) mass is 318 g/mol. The van der Waals surface area contributed by atoms with Gasteiger partial charge in [0, 0.05) is 12.4 Å². The zero-order chi connectivity index (χ0) is 14.0. The van der Waals surface area contributed by atoms with E-state index in [-0.39, 0.29) is 15.6 Å². The normalized spacial score (nSPS) is 11.9. The Morgan fingerprint density at radius 2 is 2.21 bits per heavy atom. The molecule has 1 N–H and O–H groups in total. The molecule has 0 aromatic carbocycles. The second kappa shape index (κ2) is 5.37. The zero-order valence-corrected chi connectivity index (χ0v) is 12.3. The van der Waals surface area contributed by atoms with E-state index in [1.54, 1.807) is 10.9 Å². The highest BCUT2D eigenvalue weighted by molar-refractivity contribution is 7.91. The summed E-state index contributed by atoms with van der Waals surface area (Å²) in [6.45, 7) is 0.159. The van der Waals surface area contributed by atoms with E-state index in [9.17, 15) is 13.2 Å². The van der Waals surface area contributed by atoms with E-state index in [4.69, 9.17) is 5.11 Å². The number of thiophene rings is 1. The van der Waals surface area contributed by atoms with Crippen LogP contribution in [-0.2, 0) is 16.6 Å². The largest absolute Gasteiger partial charge is 0.477 e. The lowest BCUT2D eigenvalue weighted by Crippen LogP contribution is -2.25. The highest BCUT2D eigenvalue weighted by Gasteiger charge is 2.24. The number of hydrogen-bond donors (Lipinski definition) is 1. The molecule has 2 aromatic heterocycles. The van der Waals surface area contributed by atoms with Crippen molar-refractivity contribution in [1.82, 2.24) is 9.29 Å². The van der Waals surface area contributed by atoms with Crippen molar-refractivity contribution in [3.8, 4) is 0 Å². The molecule has 0 fully saturated rings. The lowest BCUT2D eigenvalue weighted by atomic mass is 10.5. The summed E-state index contributed by atoms with van der Waals surface area (Å²) < 4.78 is 25.6. The average Bonchev–Trinajstić information content (AvgIpc) is 2.99. The van der Waals surface area contributed by atoms with Gasteiger partial charge in [-0.2, -0.15) is 4.31 Å². The number of sulfonamides is 1. The van der Waals surface area contributed by atoms with Gasteiger partial charge in [0.15, 0.2) is 0 Å². The minimum absolute atomic E-state index is 0.000586. The van der Waals surface area contributed by atoms with Gasteiger partial charge in [0.05, 0.1) is 17.7 Å². The van der Waals surface area contributed by atoms with Crippen LogP contribution in [0.2, 0.25) is 0 Å². The Balaban J connectivity index is 2.23. The van der Waals surface area contributed by atoms with Crippen molar-refractivity contribution in [2.24, 2.45) is 0 Å². The Bertz CT molecular complexity index is 675. The molecule has 2 aromatic rings. The maximum absolute atomic E-state index is 12.2. The second-order valence-electron chi connectivity index (χ2n) is 3.66. The summed E-state index contributed by atoms with van der Waals surface area (Å²) >= 11 is 2.13. The molecule has 0 spiro atoms. The van der Waals surface area contributed by atoms with Crippen LogP contribution in [0.25, 0.3) is 0 Å². The van der Waals surface area contributed by atoms with E-state index in [0.717, 1.165) is 15.6 Å². The quantitative estimate of drug-likeness (QED) is 0.907. The van der Waals surface area contributed by atoms with E-state index in [2.05, 4.69) is 4.98 Å². The van der Waals surface area contributed by atoms with Gasteiger partial charge in [0.2, 0.25) is 0 Å². The molecule has 0 atom stereocenters. The molecule has 102 valence electrons. The van der Waals surface area contributed by atoms with Crippen LogP contribution in [0.1, 0.15) is 15.4 Å². The van der Waals surface area contributed by atoms with Crippen LogP contribution in [0, 0.1) is 0 Å². The maximum Gasteiger partial charge on any atom is 0.345 e. The van der Waals surface area contributed by atoms with Crippen LogP contribution in [-0.4, -0.2) is 35.8 Å². The topological polar surface area (TPSA) is 87.6 Å². The predicted molar refractivity (Wildman–Crippen MR) is 72.0 cm³/mol. The number of carboxylic acids is 1. The van der Waals surface area contributed by atoms with Crippen LogP contribution in [0.5, 0.6) is 0 Å². The van der Waals surface area contributed by atoms with Crippen LogP contribution in [0.4, 0.5) is 0 Å². The Morgan fingerprint density at radius 1 is 1.47 bits per heavy atom. The van der Waals surface area contributed by atoms with Gasteiger partial charge < -0.3 is 5.11 Å². The standard InChI is InChI=1S/C10H10N2O4S3/c1-12(4-7-5-17-6-11-7)19(15,16)9-3-2-8(18-9)10(13)14/h2-3,5-6H,4H2,1H3,(H,13,14). The molecule has 2 heterocycles. The summed E-state index contributed by atoms with van der Waals surface area (Å²) in [5.74, 6) is -1.13. The number of thiazole rings is 1. The molecule has 0 bridgehead atoms. The van der Waals surface area contributed by atoms with Gasteiger partial charge >= 0.3 is 5.97 Å². The van der Waals surface area contributed by atoms with Crippen molar-refractivity contribution in [3.63, 3.8) is 0 Å². The van der Waals surface area contributed by atoms with Crippen molar-refractivity contribution in [3.05, 3.63) is 33.6 Å². The summed E-state index contributed by atoms with van der Waals surface area (Å²) in [5.41, 5.74) is 2.29. The summed E-state index contributed by atoms with van der Waals surface area (Å²) in [5, 5.41) is 10.6. The Labute approximate surface area is 118 Å². The molecular formula is C10H10N2O4S3. The minimum atomic E-state index is -3.67. The van der Waals surface area contributed by atoms with E-state index in [0.29, 0.717) is 5.69 Å². The Kier molecular flexibility index (Phi) is 3.99. The Hall–Kier alpha value is -1.29. The first-order valence-corrected chi connectivity index (χ1v) is 8.27. The van der Waals surface area contributed by atoms with Crippen molar-refractivity contribution in [1.29, 1.82) is 0 Å². The van der Waals surface area contributed by atoms with Gasteiger partial charge in [0.1, 0.15) is 9.09 Å². The third-order valence-corrected chi connectivity index (χ3v) is 6.30. The van der Waals surface area contributed by atoms with Crippen LogP contribution in [0.3, 0.4) is 0 Å². The minimum Gasteiger partial charge on any atom is -0.477 e. The number of hydrogen-bond acceptors (Lipinski definition) is 6. The average molecular weight is 318 g/mol. The fraction of sp³-hybridized carbons (Fsp3) is 0.200.